The van der Waals surface area contributed by atoms with Crippen LogP contribution < -0.4 is 0 Å². The molecule has 0 saturated heterocycles. The van der Waals surface area contributed by atoms with E-state index in [-0.39, 0.29) is 5.82 Å². The van der Waals surface area contributed by atoms with Gasteiger partial charge in [0.05, 0.1) is 0 Å². The third-order valence-electron chi connectivity index (χ3n) is 3.01. The Hall–Kier alpha value is -1.71. The molecule has 0 N–H and O–H groups in total. The van der Waals surface area contributed by atoms with Gasteiger partial charge < -0.3 is 9.47 Å². The van der Waals surface area contributed by atoms with Gasteiger partial charge in [-0.25, -0.2) is 4.39 Å². The van der Waals surface area contributed by atoms with Gasteiger partial charge in [-0.2, -0.15) is 0 Å². The van der Waals surface area contributed by atoms with E-state index in [4.69, 9.17) is 9.47 Å². The van der Waals surface area contributed by atoms with Crippen molar-refractivity contribution in [3.63, 3.8) is 0 Å². The van der Waals surface area contributed by atoms with Crippen molar-refractivity contribution in [2.24, 2.45) is 0 Å². The molecule has 0 saturated carbocycles. The summed E-state index contributed by atoms with van der Waals surface area (Å²) in [5.41, 5.74) is 2.21. The number of ether oxygens (including phenoxy) is 2. The molecule has 0 fully saturated rings. The summed E-state index contributed by atoms with van der Waals surface area (Å²) in [7, 11) is 0. The van der Waals surface area contributed by atoms with Crippen LogP contribution >= 0.6 is 0 Å². The first-order chi connectivity index (χ1) is 9.77. The van der Waals surface area contributed by atoms with E-state index < -0.39 is 6.29 Å². The van der Waals surface area contributed by atoms with Crippen molar-refractivity contribution >= 4 is 0 Å². The summed E-state index contributed by atoms with van der Waals surface area (Å²) in [5, 5.41) is 0. The Labute approximate surface area is 119 Å². The minimum absolute atomic E-state index is 0.244. The number of hydrogen-bond donors (Lipinski definition) is 0. The maximum atomic E-state index is 14.0. The van der Waals surface area contributed by atoms with Crippen LogP contribution in [0.25, 0.3) is 11.1 Å². The fraction of sp³-hybridized carbons (Fsp3) is 0.294. The molecule has 0 amide bonds. The van der Waals surface area contributed by atoms with Gasteiger partial charge in [-0.1, -0.05) is 42.5 Å². The largest absolute Gasteiger partial charge is 0.349 e. The van der Waals surface area contributed by atoms with Crippen LogP contribution in [0.2, 0.25) is 0 Å². The van der Waals surface area contributed by atoms with Crippen LogP contribution in [0.3, 0.4) is 0 Å². The molecule has 3 heteroatoms. The van der Waals surface area contributed by atoms with E-state index in [9.17, 15) is 4.39 Å². The van der Waals surface area contributed by atoms with Gasteiger partial charge >= 0.3 is 0 Å². The summed E-state index contributed by atoms with van der Waals surface area (Å²) >= 11 is 0. The Morgan fingerprint density at radius 2 is 1.40 bits per heavy atom. The maximum absolute atomic E-state index is 14.0. The zero-order valence-corrected chi connectivity index (χ0v) is 11.8. The molecule has 0 unspecified atom stereocenters. The highest BCUT2D eigenvalue weighted by molar-refractivity contribution is 5.68. The Morgan fingerprint density at radius 3 is 2.00 bits per heavy atom. The number of hydrogen-bond acceptors (Lipinski definition) is 2. The van der Waals surface area contributed by atoms with Gasteiger partial charge in [0.25, 0.3) is 0 Å². The van der Waals surface area contributed by atoms with Crippen LogP contribution in [0.5, 0.6) is 0 Å². The fourth-order valence-electron chi connectivity index (χ4n) is 2.16. The summed E-state index contributed by atoms with van der Waals surface area (Å²) in [6, 6.07) is 14.3. The van der Waals surface area contributed by atoms with Gasteiger partial charge in [0, 0.05) is 24.3 Å². The molecule has 0 radical (unpaired) electrons. The third kappa shape index (κ3) is 3.24. The Balaban J connectivity index is 2.47. The predicted molar refractivity (Wildman–Crippen MR) is 77.8 cm³/mol. The van der Waals surface area contributed by atoms with Gasteiger partial charge in [-0.15, -0.1) is 0 Å². The van der Waals surface area contributed by atoms with Crippen LogP contribution in [-0.4, -0.2) is 13.2 Å². The maximum Gasteiger partial charge on any atom is 0.184 e. The van der Waals surface area contributed by atoms with Crippen LogP contribution in [-0.2, 0) is 9.47 Å². The molecule has 0 bridgehead atoms. The molecular formula is C17H19FO2. The SMILES string of the molecule is CCOC(OCC)c1ccccc1-c1ccccc1F. The number of halogens is 1. The lowest BCUT2D eigenvalue weighted by Gasteiger charge is -2.20. The van der Waals surface area contributed by atoms with Crippen molar-refractivity contribution in [3.05, 3.63) is 59.9 Å². The fourth-order valence-corrected chi connectivity index (χ4v) is 2.16. The zero-order valence-electron chi connectivity index (χ0n) is 11.8. The van der Waals surface area contributed by atoms with E-state index in [2.05, 4.69) is 0 Å². The highest BCUT2D eigenvalue weighted by Gasteiger charge is 2.17. The summed E-state index contributed by atoms with van der Waals surface area (Å²) in [6.07, 6.45) is -0.471. The van der Waals surface area contributed by atoms with Gasteiger partial charge in [0.1, 0.15) is 5.82 Å². The normalized spacial score (nSPS) is 11.0. The molecule has 0 spiro atoms. The molecule has 106 valence electrons. The smallest absolute Gasteiger partial charge is 0.184 e. The van der Waals surface area contributed by atoms with E-state index in [1.807, 2.05) is 44.2 Å². The van der Waals surface area contributed by atoms with Crippen molar-refractivity contribution in [2.45, 2.75) is 20.1 Å². The van der Waals surface area contributed by atoms with Gasteiger partial charge in [0.15, 0.2) is 6.29 Å². The molecule has 0 aromatic heterocycles. The second-order valence-corrected chi connectivity index (χ2v) is 4.31. The molecule has 0 aliphatic rings. The second-order valence-electron chi connectivity index (χ2n) is 4.31. The van der Waals surface area contributed by atoms with Crippen molar-refractivity contribution in [3.8, 4) is 11.1 Å². The quantitative estimate of drug-likeness (QED) is 0.719. The summed E-state index contributed by atoms with van der Waals surface area (Å²) in [5.74, 6) is -0.244. The van der Waals surface area contributed by atoms with Crippen molar-refractivity contribution in [2.75, 3.05) is 13.2 Å². The monoisotopic (exact) mass is 274 g/mol. The average Bonchev–Trinajstić information content (AvgIpc) is 2.48. The molecule has 0 atom stereocenters. The van der Waals surface area contributed by atoms with E-state index >= 15 is 0 Å². The number of benzene rings is 2. The van der Waals surface area contributed by atoms with Gasteiger partial charge in [-0.3, -0.25) is 0 Å². The van der Waals surface area contributed by atoms with Crippen LogP contribution in [0.15, 0.2) is 48.5 Å². The average molecular weight is 274 g/mol. The van der Waals surface area contributed by atoms with Gasteiger partial charge in [-0.05, 0) is 25.5 Å². The molecule has 0 heterocycles. The molecule has 0 aliphatic heterocycles. The Kier molecular flexibility index (Phi) is 5.27. The van der Waals surface area contributed by atoms with E-state index in [0.717, 1.165) is 11.1 Å². The Morgan fingerprint density at radius 1 is 0.850 bits per heavy atom. The van der Waals surface area contributed by atoms with E-state index in [0.29, 0.717) is 18.8 Å². The first-order valence-electron chi connectivity index (χ1n) is 6.85. The molecule has 2 nitrogen and oxygen atoms in total. The molecule has 0 aliphatic carbocycles. The number of rotatable bonds is 6. The molecule has 2 aromatic carbocycles. The first-order valence-corrected chi connectivity index (χ1v) is 6.85. The summed E-state index contributed by atoms with van der Waals surface area (Å²) < 4.78 is 25.3. The first kappa shape index (κ1) is 14.7. The minimum Gasteiger partial charge on any atom is -0.349 e. The molecule has 20 heavy (non-hydrogen) atoms. The lowest BCUT2D eigenvalue weighted by Crippen LogP contribution is -2.10. The van der Waals surface area contributed by atoms with Crippen LogP contribution in [0.1, 0.15) is 25.7 Å². The van der Waals surface area contributed by atoms with Crippen LogP contribution in [0.4, 0.5) is 4.39 Å². The summed E-state index contributed by atoms with van der Waals surface area (Å²) in [6.45, 7) is 4.90. The Bertz CT molecular complexity index is 548. The van der Waals surface area contributed by atoms with E-state index in [1.54, 1.807) is 12.1 Å². The summed E-state index contributed by atoms with van der Waals surface area (Å²) in [4.78, 5) is 0. The predicted octanol–water partition coefficient (Wildman–Crippen LogP) is 4.56. The van der Waals surface area contributed by atoms with Crippen molar-refractivity contribution in [1.29, 1.82) is 0 Å². The van der Waals surface area contributed by atoms with Gasteiger partial charge in [0.2, 0.25) is 0 Å². The lowest BCUT2D eigenvalue weighted by atomic mass is 9.99. The topological polar surface area (TPSA) is 18.5 Å². The second kappa shape index (κ2) is 7.17. The lowest BCUT2D eigenvalue weighted by molar-refractivity contribution is -0.139. The molecule has 2 aromatic rings. The zero-order chi connectivity index (χ0) is 14.4. The standard InChI is InChI=1S/C17H19FO2/c1-3-19-17(20-4-2)15-11-6-5-9-13(15)14-10-7-8-12-16(14)18/h5-12,17H,3-4H2,1-2H3. The minimum atomic E-state index is -0.471. The molecular weight excluding hydrogens is 255 g/mol. The van der Waals surface area contributed by atoms with Crippen molar-refractivity contribution < 1.29 is 13.9 Å². The van der Waals surface area contributed by atoms with E-state index in [1.165, 1.54) is 6.07 Å². The third-order valence-corrected chi connectivity index (χ3v) is 3.01. The highest BCUT2D eigenvalue weighted by Crippen LogP contribution is 2.32. The van der Waals surface area contributed by atoms with Crippen LogP contribution in [0, 0.1) is 5.82 Å². The highest BCUT2D eigenvalue weighted by atomic mass is 19.1. The molecule has 2 rings (SSSR count). The van der Waals surface area contributed by atoms with Crippen molar-refractivity contribution in [1.82, 2.24) is 0 Å².